The van der Waals surface area contributed by atoms with Gasteiger partial charge in [-0.3, -0.25) is 0 Å². The highest BCUT2D eigenvalue weighted by atomic mass is 16.5. The van der Waals surface area contributed by atoms with Crippen molar-refractivity contribution in [3.8, 4) is 5.82 Å². The topological polar surface area (TPSA) is 110 Å². The van der Waals surface area contributed by atoms with Crippen LogP contribution < -0.4 is 4.90 Å². The highest BCUT2D eigenvalue weighted by Gasteiger charge is 2.28. The molecule has 0 amide bonds. The molecular formula is C14H12N6O3. The number of aromatic nitrogens is 5. The van der Waals surface area contributed by atoms with Crippen LogP contribution >= 0.6 is 0 Å². The van der Waals surface area contributed by atoms with Crippen LogP contribution in [0.15, 0.2) is 35.2 Å². The summed E-state index contributed by atoms with van der Waals surface area (Å²) < 4.78 is 6.74. The fourth-order valence-corrected chi connectivity index (χ4v) is 2.57. The molecule has 9 heteroatoms. The SMILES string of the molecule is O=C(O)c1noc2c1CN(c1nccc(-n3cccn3)n1)CC2. The maximum atomic E-state index is 11.2. The molecule has 3 aromatic rings. The summed E-state index contributed by atoms with van der Waals surface area (Å²) in [6, 6.07) is 3.57. The third kappa shape index (κ3) is 2.31. The maximum absolute atomic E-state index is 11.2. The molecule has 1 aliphatic heterocycles. The molecule has 0 atom stereocenters. The van der Waals surface area contributed by atoms with Crippen LogP contribution in [0, 0.1) is 0 Å². The zero-order chi connectivity index (χ0) is 15.8. The molecule has 116 valence electrons. The first-order valence-electron chi connectivity index (χ1n) is 7.01. The molecule has 1 aliphatic rings. The highest BCUT2D eigenvalue weighted by molar-refractivity contribution is 5.87. The summed E-state index contributed by atoms with van der Waals surface area (Å²) in [4.78, 5) is 21.9. The first-order chi connectivity index (χ1) is 11.2. The van der Waals surface area contributed by atoms with Gasteiger partial charge in [-0.15, -0.1) is 0 Å². The molecule has 0 fully saturated rings. The quantitative estimate of drug-likeness (QED) is 0.760. The van der Waals surface area contributed by atoms with Crippen LogP contribution in [0.25, 0.3) is 5.82 Å². The van der Waals surface area contributed by atoms with Crippen LogP contribution in [0.1, 0.15) is 21.8 Å². The lowest BCUT2D eigenvalue weighted by Gasteiger charge is -2.26. The standard InChI is InChI=1S/C14H12N6O3/c21-13(22)12-9-8-19(7-3-10(9)23-18-12)14-15-5-2-11(17-14)20-6-1-4-16-20/h1-2,4-6H,3,7-8H2,(H,21,22). The fraction of sp³-hybridized carbons (Fsp3) is 0.214. The number of anilines is 1. The van der Waals surface area contributed by atoms with Crippen molar-refractivity contribution in [2.45, 2.75) is 13.0 Å². The molecule has 4 heterocycles. The lowest BCUT2D eigenvalue weighted by atomic mass is 10.1. The Labute approximate surface area is 130 Å². The van der Waals surface area contributed by atoms with Gasteiger partial charge >= 0.3 is 5.97 Å². The minimum atomic E-state index is -1.09. The van der Waals surface area contributed by atoms with Crippen LogP contribution in [0.3, 0.4) is 0 Å². The molecule has 0 radical (unpaired) electrons. The molecule has 0 spiro atoms. The summed E-state index contributed by atoms with van der Waals surface area (Å²) in [6.45, 7) is 0.979. The Morgan fingerprint density at radius 2 is 2.26 bits per heavy atom. The molecule has 0 bridgehead atoms. The van der Waals surface area contributed by atoms with Gasteiger partial charge in [0.05, 0.1) is 6.54 Å². The van der Waals surface area contributed by atoms with Crippen LogP contribution in [0.5, 0.6) is 0 Å². The van der Waals surface area contributed by atoms with E-state index in [0.717, 1.165) is 0 Å². The van der Waals surface area contributed by atoms with Crippen LogP contribution in [0.4, 0.5) is 5.95 Å². The summed E-state index contributed by atoms with van der Waals surface area (Å²) in [6.07, 6.45) is 5.68. The van der Waals surface area contributed by atoms with Crippen molar-refractivity contribution >= 4 is 11.9 Å². The normalized spacial score (nSPS) is 13.8. The number of rotatable bonds is 3. The monoisotopic (exact) mass is 312 g/mol. The number of carboxylic acids is 1. The van der Waals surface area contributed by atoms with E-state index in [1.54, 1.807) is 29.3 Å². The van der Waals surface area contributed by atoms with E-state index in [-0.39, 0.29) is 5.69 Å². The Bertz CT molecular complexity index is 857. The number of carboxylic acid groups (broad SMARTS) is 1. The number of nitrogens with zero attached hydrogens (tertiary/aromatic N) is 6. The van der Waals surface area contributed by atoms with Gasteiger partial charge in [-0.05, 0) is 6.07 Å². The van der Waals surface area contributed by atoms with Crippen LogP contribution in [-0.4, -0.2) is 42.5 Å². The molecule has 0 aliphatic carbocycles. The van der Waals surface area contributed by atoms with Crippen LogP contribution in [-0.2, 0) is 13.0 Å². The Morgan fingerprint density at radius 1 is 1.35 bits per heavy atom. The molecule has 0 aromatic carbocycles. The average molecular weight is 312 g/mol. The molecule has 0 saturated heterocycles. The highest BCUT2D eigenvalue weighted by Crippen LogP contribution is 2.25. The Hall–Kier alpha value is -3.23. The molecule has 1 N–H and O–H groups in total. The van der Waals surface area contributed by atoms with Crippen molar-refractivity contribution in [3.05, 3.63) is 47.7 Å². The van der Waals surface area contributed by atoms with Gasteiger partial charge in [0.2, 0.25) is 5.95 Å². The molecule has 9 nitrogen and oxygen atoms in total. The van der Waals surface area contributed by atoms with Gasteiger partial charge in [0, 0.05) is 43.2 Å². The number of hydrogen-bond donors (Lipinski definition) is 1. The van der Waals surface area contributed by atoms with Gasteiger partial charge in [-0.2, -0.15) is 10.1 Å². The molecule has 23 heavy (non-hydrogen) atoms. The molecule has 4 rings (SSSR count). The molecule has 3 aromatic heterocycles. The van der Waals surface area contributed by atoms with Gasteiger partial charge < -0.3 is 14.5 Å². The summed E-state index contributed by atoms with van der Waals surface area (Å²) in [5, 5.41) is 16.9. The van der Waals surface area contributed by atoms with E-state index in [1.807, 2.05) is 11.0 Å². The largest absolute Gasteiger partial charge is 0.476 e. The van der Waals surface area contributed by atoms with Crippen molar-refractivity contribution in [1.82, 2.24) is 24.9 Å². The molecular weight excluding hydrogens is 300 g/mol. The Balaban J connectivity index is 1.66. The van der Waals surface area contributed by atoms with Gasteiger partial charge in [0.15, 0.2) is 11.5 Å². The van der Waals surface area contributed by atoms with E-state index in [2.05, 4.69) is 20.2 Å². The minimum Gasteiger partial charge on any atom is -0.476 e. The summed E-state index contributed by atoms with van der Waals surface area (Å²) in [5.74, 6) is 0.681. The number of fused-ring (bicyclic) bond motifs is 1. The van der Waals surface area contributed by atoms with Crippen molar-refractivity contribution in [2.75, 3.05) is 11.4 Å². The van der Waals surface area contributed by atoms with Gasteiger partial charge in [0.25, 0.3) is 0 Å². The van der Waals surface area contributed by atoms with Crippen LogP contribution in [0.2, 0.25) is 0 Å². The minimum absolute atomic E-state index is 0.0482. The lowest BCUT2D eigenvalue weighted by Crippen LogP contribution is -2.32. The zero-order valence-corrected chi connectivity index (χ0v) is 12.0. The van der Waals surface area contributed by atoms with Crippen molar-refractivity contribution in [3.63, 3.8) is 0 Å². The Kier molecular flexibility index (Phi) is 3.04. The van der Waals surface area contributed by atoms with Crippen molar-refractivity contribution in [1.29, 1.82) is 0 Å². The zero-order valence-electron chi connectivity index (χ0n) is 12.0. The predicted molar refractivity (Wildman–Crippen MR) is 77.4 cm³/mol. The summed E-state index contributed by atoms with van der Waals surface area (Å²) in [7, 11) is 0. The van der Waals surface area contributed by atoms with Crippen molar-refractivity contribution in [2.24, 2.45) is 0 Å². The number of carbonyl (C=O) groups is 1. The first kappa shape index (κ1) is 13.4. The van der Waals surface area contributed by atoms with E-state index in [1.165, 1.54) is 0 Å². The second-order valence-corrected chi connectivity index (χ2v) is 5.08. The van der Waals surface area contributed by atoms with E-state index in [9.17, 15) is 9.90 Å². The van der Waals surface area contributed by atoms with E-state index >= 15 is 0 Å². The van der Waals surface area contributed by atoms with Gasteiger partial charge in [0.1, 0.15) is 5.76 Å². The maximum Gasteiger partial charge on any atom is 0.358 e. The molecule has 0 unspecified atom stereocenters. The average Bonchev–Trinajstić information content (AvgIpc) is 3.24. The van der Waals surface area contributed by atoms with E-state index in [4.69, 9.17) is 4.52 Å². The third-order valence-corrected chi connectivity index (χ3v) is 3.68. The Morgan fingerprint density at radius 3 is 3.04 bits per heavy atom. The molecule has 0 saturated carbocycles. The van der Waals surface area contributed by atoms with E-state index < -0.39 is 5.97 Å². The van der Waals surface area contributed by atoms with Gasteiger partial charge in [-0.25, -0.2) is 14.5 Å². The summed E-state index contributed by atoms with van der Waals surface area (Å²) in [5.41, 5.74) is 0.532. The fourth-order valence-electron chi connectivity index (χ4n) is 2.57. The number of hydrogen-bond acceptors (Lipinski definition) is 7. The van der Waals surface area contributed by atoms with E-state index in [0.29, 0.717) is 42.6 Å². The number of aromatic carboxylic acids is 1. The predicted octanol–water partition coefficient (Wildman–Crippen LogP) is 0.911. The lowest BCUT2D eigenvalue weighted by molar-refractivity contribution is 0.0684. The van der Waals surface area contributed by atoms with Gasteiger partial charge in [-0.1, -0.05) is 5.16 Å². The second-order valence-electron chi connectivity index (χ2n) is 5.08. The smallest absolute Gasteiger partial charge is 0.358 e. The van der Waals surface area contributed by atoms with Crippen molar-refractivity contribution < 1.29 is 14.4 Å². The first-order valence-corrected chi connectivity index (χ1v) is 7.01. The third-order valence-electron chi connectivity index (χ3n) is 3.68. The second kappa shape index (κ2) is 5.20. The summed E-state index contributed by atoms with van der Waals surface area (Å²) >= 11 is 0.